The third-order valence-corrected chi connectivity index (χ3v) is 1.89. The lowest BCUT2D eigenvalue weighted by atomic mass is 10.2. The van der Waals surface area contributed by atoms with Crippen LogP contribution in [0.2, 0.25) is 0 Å². The van der Waals surface area contributed by atoms with E-state index in [9.17, 15) is 9.59 Å². The van der Waals surface area contributed by atoms with Gasteiger partial charge in [-0.05, 0) is 13.8 Å². The van der Waals surface area contributed by atoms with Crippen molar-refractivity contribution in [2.45, 2.75) is 13.8 Å². The first-order valence-corrected chi connectivity index (χ1v) is 4.92. The predicted molar refractivity (Wildman–Crippen MR) is 57.1 cm³/mol. The summed E-state index contributed by atoms with van der Waals surface area (Å²) < 4.78 is 9.58. The monoisotopic (exact) mass is 226 g/mol. The highest BCUT2D eigenvalue weighted by Gasteiger charge is 2.23. The maximum Gasteiger partial charge on any atom is 0.342 e. The number of ether oxygens (including phenoxy) is 2. The quantitative estimate of drug-likeness (QED) is 0.745. The lowest BCUT2D eigenvalue weighted by Gasteiger charge is -2.04. The highest BCUT2D eigenvalue weighted by molar-refractivity contribution is 6.06. The van der Waals surface area contributed by atoms with E-state index in [1.807, 2.05) is 0 Å². The Kier molecular flexibility index (Phi) is 3.93. The number of hydrogen-bond acceptors (Lipinski definition) is 5. The molecule has 16 heavy (non-hydrogen) atoms. The van der Waals surface area contributed by atoms with Gasteiger partial charge in [-0.2, -0.15) is 0 Å². The van der Waals surface area contributed by atoms with Crippen molar-refractivity contribution in [3.63, 3.8) is 0 Å². The maximum atomic E-state index is 11.5. The van der Waals surface area contributed by atoms with Crippen molar-refractivity contribution >= 4 is 17.8 Å². The Balaban J connectivity index is 3.02. The number of nitrogens with two attached hydrogens (primary N) is 1. The molecule has 1 rings (SSSR count). The number of carbonyl (C=O) groups is 2. The van der Waals surface area contributed by atoms with Crippen LogP contribution in [0.1, 0.15) is 34.6 Å². The fourth-order valence-corrected chi connectivity index (χ4v) is 1.23. The molecule has 88 valence electrons. The van der Waals surface area contributed by atoms with Crippen molar-refractivity contribution < 1.29 is 19.1 Å². The highest BCUT2D eigenvalue weighted by atomic mass is 16.5. The van der Waals surface area contributed by atoms with Crippen molar-refractivity contribution in [2.75, 3.05) is 18.9 Å². The van der Waals surface area contributed by atoms with Gasteiger partial charge >= 0.3 is 11.9 Å². The Morgan fingerprint density at radius 1 is 1.25 bits per heavy atom. The molecule has 1 aromatic rings. The van der Waals surface area contributed by atoms with Crippen LogP contribution in [0.3, 0.4) is 0 Å². The van der Waals surface area contributed by atoms with E-state index in [2.05, 4.69) is 4.98 Å². The van der Waals surface area contributed by atoms with Gasteiger partial charge in [0.15, 0.2) is 0 Å². The summed E-state index contributed by atoms with van der Waals surface area (Å²) >= 11 is 0. The van der Waals surface area contributed by atoms with Crippen molar-refractivity contribution in [1.82, 2.24) is 4.98 Å². The number of nitrogen functional groups attached to an aromatic ring is 1. The van der Waals surface area contributed by atoms with E-state index in [1.165, 1.54) is 6.20 Å². The molecular formula is C10H14N2O4. The molecular weight excluding hydrogens is 212 g/mol. The number of carbonyl (C=O) groups excluding carboxylic acids is 2. The van der Waals surface area contributed by atoms with Crippen LogP contribution in [0.4, 0.5) is 5.82 Å². The van der Waals surface area contributed by atoms with E-state index in [4.69, 9.17) is 15.2 Å². The minimum absolute atomic E-state index is 0.0281. The molecule has 6 heteroatoms. The molecule has 0 spiro atoms. The highest BCUT2D eigenvalue weighted by Crippen LogP contribution is 2.18. The maximum absolute atomic E-state index is 11.5. The molecule has 6 nitrogen and oxygen atoms in total. The van der Waals surface area contributed by atoms with Crippen molar-refractivity contribution in [2.24, 2.45) is 0 Å². The Bertz CT molecular complexity index is 398. The van der Waals surface area contributed by atoms with E-state index in [0.717, 1.165) is 0 Å². The van der Waals surface area contributed by atoms with Crippen LogP contribution in [0, 0.1) is 0 Å². The zero-order valence-corrected chi connectivity index (χ0v) is 9.20. The molecule has 0 aromatic carbocycles. The van der Waals surface area contributed by atoms with E-state index in [-0.39, 0.29) is 30.2 Å². The van der Waals surface area contributed by atoms with Gasteiger partial charge < -0.3 is 20.2 Å². The standard InChI is InChI=1S/C10H14N2O4/c1-3-15-9(13)6-5-12-8(11)7(6)10(14)16-4-2/h5,12H,3-4,11H2,1-2H3. The molecule has 0 aliphatic carbocycles. The first-order chi connectivity index (χ1) is 7.61. The number of esters is 2. The first-order valence-electron chi connectivity index (χ1n) is 4.92. The molecule has 0 amide bonds. The summed E-state index contributed by atoms with van der Waals surface area (Å²) in [5, 5.41) is 0. The third-order valence-electron chi connectivity index (χ3n) is 1.89. The van der Waals surface area contributed by atoms with Gasteiger partial charge in [-0.25, -0.2) is 9.59 Å². The fraction of sp³-hybridized carbons (Fsp3) is 0.400. The molecule has 0 aliphatic rings. The van der Waals surface area contributed by atoms with Crippen molar-refractivity contribution in [3.05, 3.63) is 17.3 Å². The number of hydrogen-bond donors (Lipinski definition) is 2. The van der Waals surface area contributed by atoms with Crippen LogP contribution in [0.5, 0.6) is 0 Å². The second-order valence-electron chi connectivity index (χ2n) is 2.93. The second-order valence-corrected chi connectivity index (χ2v) is 2.93. The van der Waals surface area contributed by atoms with Gasteiger partial charge in [0.25, 0.3) is 0 Å². The summed E-state index contributed by atoms with van der Waals surface area (Å²) in [6, 6.07) is 0. The molecule has 0 fully saturated rings. The Labute approximate surface area is 92.7 Å². The lowest BCUT2D eigenvalue weighted by Crippen LogP contribution is -2.13. The molecule has 3 N–H and O–H groups in total. The average molecular weight is 226 g/mol. The van der Waals surface area contributed by atoms with Gasteiger partial charge in [-0.3, -0.25) is 0 Å². The Morgan fingerprint density at radius 2 is 1.81 bits per heavy atom. The van der Waals surface area contributed by atoms with Crippen LogP contribution in [0.15, 0.2) is 6.20 Å². The van der Waals surface area contributed by atoms with Gasteiger partial charge in [0, 0.05) is 6.20 Å². The van der Waals surface area contributed by atoms with Crippen LogP contribution in [-0.2, 0) is 9.47 Å². The SMILES string of the molecule is CCOC(=O)c1c[nH]c(N)c1C(=O)OCC. The van der Waals surface area contributed by atoms with E-state index in [1.54, 1.807) is 13.8 Å². The van der Waals surface area contributed by atoms with E-state index < -0.39 is 11.9 Å². The van der Waals surface area contributed by atoms with Gasteiger partial charge in [0.05, 0.1) is 18.8 Å². The van der Waals surface area contributed by atoms with Gasteiger partial charge in [-0.1, -0.05) is 0 Å². The zero-order valence-electron chi connectivity index (χ0n) is 9.20. The Hall–Kier alpha value is -1.98. The number of aromatic amines is 1. The number of H-pyrrole nitrogens is 1. The summed E-state index contributed by atoms with van der Waals surface area (Å²) in [4.78, 5) is 25.6. The lowest BCUT2D eigenvalue weighted by molar-refractivity contribution is 0.0481. The van der Waals surface area contributed by atoms with E-state index >= 15 is 0 Å². The molecule has 0 bridgehead atoms. The molecule has 0 atom stereocenters. The summed E-state index contributed by atoms with van der Waals surface area (Å²) in [5.74, 6) is -1.13. The van der Waals surface area contributed by atoms with Crippen LogP contribution in [-0.4, -0.2) is 30.1 Å². The molecule has 0 saturated carbocycles. The van der Waals surface area contributed by atoms with Crippen LogP contribution in [0.25, 0.3) is 0 Å². The molecule has 0 aliphatic heterocycles. The molecule has 0 unspecified atom stereocenters. The van der Waals surface area contributed by atoms with Gasteiger partial charge in [0.2, 0.25) is 0 Å². The van der Waals surface area contributed by atoms with Crippen LogP contribution >= 0.6 is 0 Å². The van der Waals surface area contributed by atoms with Gasteiger partial charge in [-0.15, -0.1) is 0 Å². The molecule has 1 heterocycles. The van der Waals surface area contributed by atoms with Crippen LogP contribution < -0.4 is 5.73 Å². The van der Waals surface area contributed by atoms with Crippen molar-refractivity contribution in [1.29, 1.82) is 0 Å². The largest absolute Gasteiger partial charge is 0.462 e. The molecule has 0 saturated heterocycles. The molecule has 0 radical (unpaired) electrons. The number of aromatic nitrogens is 1. The summed E-state index contributed by atoms with van der Waals surface area (Å²) in [6.45, 7) is 3.79. The third kappa shape index (κ3) is 2.33. The minimum Gasteiger partial charge on any atom is -0.462 e. The summed E-state index contributed by atoms with van der Waals surface area (Å²) in [5.41, 5.74) is 5.67. The predicted octanol–water partition coefficient (Wildman–Crippen LogP) is 0.950. The normalized spacial score (nSPS) is 9.88. The average Bonchev–Trinajstić information content (AvgIpc) is 2.61. The topological polar surface area (TPSA) is 94.4 Å². The van der Waals surface area contributed by atoms with Crippen molar-refractivity contribution in [3.8, 4) is 0 Å². The smallest absolute Gasteiger partial charge is 0.342 e. The Morgan fingerprint density at radius 3 is 2.38 bits per heavy atom. The number of nitrogens with one attached hydrogen (secondary N) is 1. The van der Waals surface area contributed by atoms with E-state index in [0.29, 0.717) is 0 Å². The minimum atomic E-state index is -0.635. The second kappa shape index (κ2) is 5.20. The zero-order chi connectivity index (χ0) is 12.1. The number of anilines is 1. The van der Waals surface area contributed by atoms with Gasteiger partial charge in [0.1, 0.15) is 11.4 Å². The fourth-order valence-electron chi connectivity index (χ4n) is 1.23. The number of rotatable bonds is 4. The first kappa shape index (κ1) is 12.1. The summed E-state index contributed by atoms with van der Waals surface area (Å²) in [6.07, 6.45) is 1.33. The molecule has 1 aromatic heterocycles. The summed E-state index contributed by atoms with van der Waals surface area (Å²) in [7, 11) is 0.